The van der Waals surface area contributed by atoms with Gasteiger partial charge in [-0.25, -0.2) is 12.7 Å². The van der Waals surface area contributed by atoms with E-state index in [1.54, 1.807) is 12.4 Å². The quantitative estimate of drug-likeness (QED) is 0.696. The highest BCUT2D eigenvalue weighted by molar-refractivity contribution is 7.88. The lowest BCUT2D eigenvalue weighted by Gasteiger charge is -2.07. The van der Waals surface area contributed by atoms with Crippen LogP contribution in [-0.2, 0) is 16.6 Å². The molecule has 9 nitrogen and oxygen atoms in total. The summed E-state index contributed by atoms with van der Waals surface area (Å²) in [5.41, 5.74) is 0.988. The van der Waals surface area contributed by atoms with E-state index in [2.05, 4.69) is 15.3 Å². The van der Waals surface area contributed by atoms with E-state index in [4.69, 9.17) is 8.83 Å². The van der Waals surface area contributed by atoms with Gasteiger partial charge in [0.25, 0.3) is 15.9 Å². The molecule has 3 rings (SSSR count). The van der Waals surface area contributed by atoms with E-state index < -0.39 is 10.0 Å². The van der Waals surface area contributed by atoms with E-state index in [-0.39, 0.29) is 28.3 Å². The molecule has 3 aromatic heterocycles. The normalized spacial score (nSPS) is 11.5. The number of furan rings is 1. The molecule has 134 valence electrons. The Morgan fingerprint density at radius 3 is 2.58 bits per heavy atom. The number of oxazole rings is 1. The molecule has 0 saturated carbocycles. The van der Waals surface area contributed by atoms with Crippen LogP contribution < -0.4 is 5.32 Å². The van der Waals surface area contributed by atoms with Gasteiger partial charge in [0.15, 0.2) is 5.76 Å². The van der Waals surface area contributed by atoms with Gasteiger partial charge in [0.1, 0.15) is 6.07 Å². The smallest absolute Gasteiger partial charge is 0.275 e. The summed E-state index contributed by atoms with van der Waals surface area (Å²) in [5.74, 6) is 0.297. The molecule has 10 heteroatoms. The average molecular weight is 373 g/mol. The molecule has 0 aliphatic rings. The molecule has 0 amide bonds. The van der Waals surface area contributed by atoms with Gasteiger partial charge in [-0.1, -0.05) is 0 Å². The first-order chi connectivity index (χ1) is 12.4. The maximum atomic E-state index is 12.1. The monoisotopic (exact) mass is 373 g/mol. The Morgan fingerprint density at radius 1 is 1.19 bits per heavy atom. The van der Waals surface area contributed by atoms with Crippen molar-refractivity contribution in [3.8, 4) is 17.7 Å². The van der Waals surface area contributed by atoms with Crippen molar-refractivity contribution in [1.82, 2.24) is 14.3 Å². The van der Waals surface area contributed by atoms with Crippen LogP contribution in [0.2, 0.25) is 0 Å². The largest absolute Gasteiger partial charge is 0.438 e. The van der Waals surface area contributed by atoms with Crippen molar-refractivity contribution < 1.29 is 17.3 Å². The predicted octanol–water partition coefficient (Wildman–Crippen LogP) is 2.06. The minimum Gasteiger partial charge on any atom is -0.438 e. The Labute approximate surface area is 149 Å². The molecule has 0 aliphatic carbocycles. The molecule has 0 unspecified atom stereocenters. The Balaban J connectivity index is 1.85. The van der Waals surface area contributed by atoms with Crippen molar-refractivity contribution in [2.24, 2.45) is 0 Å². The van der Waals surface area contributed by atoms with Crippen LogP contribution in [0.5, 0.6) is 0 Å². The van der Waals surface area contributed by atoms with Crippen molar-refractivity contribution >= 4 is 15.9 Å². The first kappa shape index (κ1) is 17.7. The van der Waals surface area contributed by atoms with Gasteiger partial charge in [0.05, 0.1) is 0 Å². The second kappa shape index (κ2) is 6.99. The summed E-state index contributed by atoms with van der Waals surface area (Å²) < 4.78 is 36.1. The van der Waals surface area contributed by atoms with Gasteiger partial charge in [-0.05, 0) is 29.8 Å². The average Bonchev–Trinajstić information content (AvgIpc) is 3.27. The molecule has 0 atom stereocenters. The third kappa shape index (κ3) is 3.44. The topological polar surface area (TPSA) is 125 Å². The number of nitrogens with zero attached hydrogens (tertiary/aromatic N) is 4. The van der Waals surface area contributed by atoms with Crippen LogP contribution in [0, 0.1) is 11.3 Å². The lowest BCUT2D eigenvalue weighted by Crippen LogP contribution is -2.21. The van der Waals surface area contributed by atoms with E-state index >= 15 is 0 Å². The van der Waals surface area contributed by atoms with Crippen molar-refractivity contribution in [2.75, 3.05) is 19.4 Å². The summed E-state index contributed by atoms with van der Waals surface area (Å²) in [6.45, 7) is 0.407. The van der Waals surface area contributed by atoms with Gasteiger partial charge in [-0.3, -0.25) is 4.98 Å². The van der Waals surface area contributed by atoms with Crippen LogP contribution in [0.25, 0.3) is 11.7 Å². The number of sulfonamides is 1. The van der Waals surface area contributed by atoms with Gasteiger partial charge in [0, 0.05) is 33.0 Å². The fourth-order valence-corrected chi connectivity index (χ4v) is 2.85. The SMILES string of the molecule is CN(C)S(=O)(=O)c1ccc(-c2nc(C#N)c(NCc3ccncc3)o2)o1. The predicted molar refractivity (Wildman–Crippen MR) is 91.4 cm³/mol. The summed E-state index contributed by atoms with van der Waals surface area (Å²) in [7, 11) is -0.908. The van der Waals surface area contributed by atoms with E-state index in [0.29, 0.717) is 6.54 Å². The Kier molecular flexibility index (Phi) is 4.75. The second-order valence-electron chi connectivity index (χ2n) is 5.42. The van der Waals surface area contributed by atoms with Crippen LogP contribution in [0.4, 0.5) is 5.88 Å². The number of rotatable bonds is 6. The first-order valence-corrected chi connectivity index (χ1v) is 8.92. The third-order valence-corrected chi connectivity index (χ3v) is 5.15. The van der Waals surface area contributed by atoms with Gasteiger partial charge < -0.3 is 14.2 Å². The zero-order valence-corrected chi connectivity index (χ0v) is 14.8. The lowest BCUT2D eigenvalue weighted by atomic mass is 10.3. The van der Waals surface area contributed by atoms with Crippen LogP contribution in [0.15, 0.2) is 50.6 Å². The minimum atomic E-state index is -3.71. The minimum absolute atomic E-state index is 0.0129. The summed E-state index contributed by atoms with van der Waals surface area (Å²) in [4.78, 5) is 7.98. The van der Waals surface area contributed by atoms with Crippen LogP contribution >= 0.6 is 0 Å². The molecule has 0 saturated heterocycles. The number of hydrogen-bond donors (Lipinski definition) is 1. The summed E-state index contributed by atoms with van der Waals surface area (Å²) >= 11 is 0. The molecule has 0 radical (unpaired) electrons. The van der Waals surface area contributed by atoms with Crippen LogP contribution in [0.1, 0.15) is 11.3 Å². The van der Waals surface area contributed by atoms with E-state index in [9.17, 15) is 13.7 Å². The van der Waals surface area contributed by atoms with E-state index in [1.165, 1.54) is 26.2 Å². The molecule has 0 bridgehead atoms. The molecular formula is C16H15N5O4S. The number of pyridine rings is 1. The zero-order valence-electron chi connectivity index (χ0n) is 14.0. The molecule has 1 N–H and O–H groups in total. The molecule has 3 heterocycles. The lowest BCUT2D eigenvalue weighted by molar-refractivity contribution is 0.423. The fourth-order valence-electron chi connectivity index (χ4n) is 2.06. The van der Waals surface area contributed by atoms with Gasteiger partial charge in [-0.2, -0.15) is 10.2 Å². The van der Waals surface area contributed by atoms with Gasteiger partial charge in [0.2, 0.25) is 16.7 Å². The molecule has 0 aliphatic heterocycles. The number of nitrogens with one attached hydrogen (secondary N) is 1. The van der Waals surface area contributed by atoms with E-state index in [0.717, 1.165) is 9.87 Å². The van der Waals surface area contributed by atoms with Crippen molar-refractivity contribution in [2.45, 2.75) is 11.6 Å². The molecule has 26 heavy (non-hydrogen) atoms. The number of nitriles is 1. The highest BCUT2D eigenvalue weighted by Gasteiger charge is 2.24. The number of anilines is 1. The molecule has 0 spiro atoms. The first-order valence-electron chi connectivity index (χ1n) is 7.48. The maximum Gasteiger partial charge on any atom is 0.275 e. The van der Waals surface area contributed by atoms with Crippen molar-refractivity contribution in [3.63, 3.8) is 0 Å². The Morgan fingerprint density at radius 2 is 1.92 bits per heavy atom. The Bertz CT molecular complexity index is 1050. The fraction of sp³-hybridized carbons (Fsp3) is 0.188. The number of aromatic nitrogens is 2. The maximum absolute atomic E-state index is 12.1. The summed E-state index contributed by atoms with van der Waals surface area (Å²) in [5, 5.41) is 12.0. The third-order valence-electron chi connectivity index (χ3n) is 3.46. The van der Waals surface area contributed by atoms with Crippen LogP contribution in [0.3, 0.4) is 0 Å². The Hall–Kier alpha value is -3.16. The standard InChI is InChI=1S/C16H15N5O4S/c1-21(2)26(22,23)14-4-3-13(24-14)16-20-12(9-17)15(25-16)19-10-11-5-7-18-8-6-11/h3-8,19H,10H2,1-2H3. The van der Waals surface area contributed by atoms with Gasteiger partial charge in [-0.15, -0.1) is 0 Å². The summed E-state index contributed by atoms with van der Waals surface area (Å²) in [6.07, 6.45) is 3.31. The van der Waals surface area contributed by atoms with Crippen molar-refractivity contribution in [1.29, 1.82) is 5.26 Å². The molecule has 3 aromatic rings. The molecule has 0 fully saturated rings. The molecule has 0 aromatic carbocycles. The van der Waals surface area contributed by atoms with Gasteiger partial charge >= 0.3 is 0 Å². The highest BCUT2D eigenvalue weighted by Crippen LogP contribution is 2.29. The van der Waals surface area contributed by atoms with Crippen LogP contribution in [-0.4, -0.2) is 36.8 Å². The number of hydrogen-bond acceptors (Lipinski definition) is 8. The molecular weight excluding hydrogens is 358 g/mol. The highest BCUT2D eigenvalue weighted by atomic mass is 32.2. The second-order valence-corrected chi connectivity index (χ2v) is 7.51. The summed E-state index contributed by atoms with van der Waals surface area (Å²) in [6, 6.07) is 8.31. The van der Waals surface area contributed by atoms with Crippen molar-refractivity contribution in [3.05, 3.63) is 47.9 Å². The zero-order chi connectivity index (χ0) is 18.7. The van der Waals surface area contributed by atoms with E-state index in [1.807, 2.05) is 18.2 Å².